The summed E-state index contributed by atoms with van der Waals surface area (Å²) >= 11 is 0. The van der Waals surface area contributed by atoms with Crippen LogP contribution in [0.5, 0.6) is 0 Å². The minimum atomic E-state index is 0.771. The van der Waals surface area contributed by atoms with Crippen molar-refractivity contribution in [2.24, 2.45) is 0 Å². The lowest BCUT2D eigenvalue weighted by atomic mass is 10.7. The van der Waals surface area contributed by atoms with Crippen LogP contribution >= 0.6 is 0 Å². The zero-order chi connectivity index (χ0) is 6.97. The molecule has 0 aliphatic carbocycles. The Morgan fingerprint density at radius 2 is 2.40 bits per heavy atom. The summed E-state index contributed by atoms with van der Waals surface area (Å²) in [6, 6.07) is 0. The van der Waals surface area contributed by atoms with Gasteiger partial charge in [0.15, 0.2) is 5.65 Å². The van der Waals surface area contributed by atoms with Crippen LogP contribution in [0.15, 0.2) is 18.6 Å². The molecule has 0 bridgehead atoms. The molecule has 0 saturated carbocycles. The third-order valence-corrected chi connectivity index (χ3v) is 1.25. The summed E-state index contributed by atoms with van der Waals surface area (Å²) in [5.41, 5.74) is 0.792. The summed E-state index contributed by atoms with van der Waals surface area (Å²) in [5.74, 6) is 0.771. The van der Waals surface area contributed by atoms with Gasteiger partial charge in [-0.1, -0.05) is 0 Å². The Morgan fingerprint density at radius 3 is 3.20 bits per heavy atom. The largest absolute Gasteiger partial charge is 0.259 e. The first-order valence-corrected chi connectivity index (χ1v) is 2.99. The lowest BCUT2D eigenvalue weighted by molar-refractivity contribution is 0.920. The molecule has 0 amide bonds. The van der Waals surface area contributed by atoms with Crippen molar-refractivity contribution in [3.05, 3.63) is 24.4 Å². The van der Waals surface area contributed by atoms with Crippen LogP contribution < -0.4 is 0 Å². The van der Waals surface area contributed by atoms with E-state index in [1.807, 2.05) is 6.92 Å². The van der Waals surface area contributed by atoms with E-state index in [1.54, 1.807) is 23.1 Å². The lowest BCUT2D eigenvalue weighted by Crippen LogP contribution is -1.85. The molecule has 0 aromatic carbocycles. The fourth-order valence-corrected chi connectivity index (χ4v) is 0.856. The van der Waals surface area contributed by atoms with Crippen molar-refractivity contribution in [3.8, 4) is 0 Å². The van der Waals surface area contributed by atoms with Crippen LogP contribution in [-0.2, 0) is 0 Å². The summed E-state index contributed by atoms with van der Waals surface area (Å²) in [4.78, 5) is 8.01. The number of aromatic nitrogens is 4. The van der Waals surface area contributed by atoms with Crippen molar-refractivity contribution in [3.63, 3.8) is 0 Å². The van der Waals surface area contributed by atoms with Gasteiger partial charge in [0.2, 0.25) is 0 Å². The van der Waals surface area contributed by atoms with Crippen LogP contribution in [0.1, 0.15) is 5.82 Å². The molecule has 0 saturated heterocycles. The number of aryl methyl sites for hydroxylation is 1. The maximum absolute atomic E-state index is 4.10. The lowest BCUT2D eigenvalue weighted by Gasteiger charge is -1.84. The SMILES string of the molecule is Cc1nc2cnccn2n1. The molecule has 10 heavy (non-hydrogen) atoms. The van der Waals surface area contributed by atoms with Crippen LogP contribution in [0.25, 0.3) is 5.65 Å². The fraction of sp³-hybridized carbons (Fsp3) is 0.167. The smallest absolute Gasteiger partial charge is 0.173 e. The standard InChI is InChI=1S/C6H6N4/c1-5-8-6-4-7-2-3-10(6)9-5/h2-4H,1H3. The van der Waals surface area contributed by atoms with Gasteiger partial charge >= 0.3 is 0 Å². The molecule has 0 unspecified atom stereocenters. The number of nitrogens with zero attached hydrogens (tertiary/aromatic N) is 4. The van der Waals surface area contributed by atoms with E-state index in [4.69, 9.17) is 0 Å². The number of hydrogen-bond acceptors (Lipinski definition) is 3. The van der Waals surface area contributed by atoms with E-state index in [0.29, 0.717) is 0 Å². The van der Waals surface area contributed by atoms with Gasteiger partial charge in [-0.15, -0.1) is 0 Å². The Labute approximate surface area is 57.5 Å². The van der Waals surface area contributed by atoms with Gasteiger partial charge in [0.05, 0.1) is 6.20 Å². The maximum atomic E-state index is 4.10. The monoisotopic (exact) mass is 134 g/mol. The summed E-state index contributed by atoms with van der Waals surface area (Å²) in [6.45, 7) is 1.85. The molecule has 50 valence electrons. The van der Waals surface area contributed by atoms with Crippen molar-refractivity contribution < 1.29 is 0 Å². The van der Waals surface area contributed by atoms with Crippen molar-refractivity contribution in [2.45, 2.75) is 6.92 Å². The molecule has 2 aromatic rings. The van der Waals surface area contributed by atoms with Gasteiger partial charge in [-0.05, 0) is 6.92 Å². The second-order valence-electron chi connectivity index (χ2n) is 2.04. The number of rotatable bonds is 0. The molecule has 0 spiro atoms. The van der Waals surface area contributed by atoms with Crippen LogP contribution in [-0.4, -0.2) is 19.6 Å². The van der Waals surface area contributed by atoms with Crippen LogP contribution in [0.4, 0.5) is 0 Å². The van der Waals surface area contributed by atoms with Gasteiger partial charge in [0.1, 0.15) is 5.82 Å². The Morgan fingerprint density at radius 1 is 1.50 bits per heavy atom. The molecule has 0 aliphatic heterocycles. The first-order valence-electron chi connectivity index (χ1n) is 2.99. The average molecular weight is 134 g/mol. The predicted octanol–water partition coefficient (Wildman–Crippen LogP) is 0.433. The zero-order valence-corrected chi connectivity index (χ0v) is 5.52. The molecule has 0 N–H and O–H groups in total. The van der Waals surface area contributed by atoms with Crippen molar-refractivity contribution in [1.29, 1.82) is 0 Å². The molecule has 2 aromatic heterocycles. The van der Waals surface area contributed by atoms with Gasteiger partial charge in [-0.2, -0.15) is 5.10 Å². The van der Waals surface area contributed by atoms with Crippen molar-refractivity contribution in [1.82, 2.24) is 19.6 Å². The molecule has 0 aliphatic rings. The first-order chi connectivity index (χ1) is 4.86. The highest BCUT2D eigenvalue weighted by atomic mass is 15.3. The summed E-state index contributed by atoms with van der Waals surface area (Å²) in [5, 5.41) is 4.08. The average Bonchev–Trinajstić information content (AvgIpc) is 2.27. The third-order valence-electron chi connectivity index (χ3n) is 1.25. The topological polar surface area (TPSA) is 43.1 Å². The molecule has 2 heterocycles. The Hall–Kier alpha value is -1.45. The first kappa shape index (κ1) is 5.34. The van der Waals surface area contributed by atoms with Crippen LogP contribution in [0.3, 0.4) is 0 Å². The quantitative estimate of drug-likeness (QED) is 0.524. The predicted molar refractivity (Wildman–Crippen MR) is 35.5 cm³/mol. The third kappa shape index (κ3) is 0.655. The molecule has 2 rings (SSSR count). The van der Waals surface area contributed by atoms with Gasteiger partial charge in [-0.25, -0.2) is 9.50 Å². The maximum Gasteiger partial charge on any atom is 0.173 e. The van der Waals surface area contributed by atoms with E-state index in [2.05, 4.69) is 15.1 Å². The zero-order valence-electron chi connectivity index (χ0n) is 5.52. The van der Waals surface area contributed by atoms with Crippen LogP contribution in [0, 0.1) is 6.92 Å². The Balaban J connectivity index is 2.88. The Kier molecular flexibility index (Phi) is 0.943. The van der Waals surface area contributed by atoms with Crippen LogP contribution in [0.2, 0.25) is 0 Å². The van der Waals surface area contributed by atoms with Gasteiger partial charge < -0.3 is 0 Å². The van der Waals surface area contributed by atoms with E-state index >= 15 is 0 Å². The fourth-order valence-electron chi connectivity index (χ4n) is 0.856. The summed E-state index contributed by atoms with van der Waals surface area (Å²) in [7, 11) is 0. The van der Waals surface area contributed by atoms with Gasteiger partial charge in [-0.3, -0.25) is 4.98 Å². The minimum Gasteiger partial charge on any atom is -0.259 e. The highest BCUT2D eigenvalue weighted by Gasteiger charge is 1.94. The molecule has 0 atom stereocenters. The van der Waals surface area contributed by atoms with Gasteiger partial charge in [0, 0.05) is 12.4 Å². The van der Waals surface area contributed by atoms with E-state index in [1.165, 1.54) is 0 Å². The second kappa shape index (κ2) is 1.76. The number of hydrogen-bond donors (Lipinski definition) is 0. The van der Waals surface area contributed by atoms with E-state index in [0.717, 1.165) is 11.5 Å². The normalized spacial score (nSPS) is 10.5. The van der Waals surface area contributed by atoms with Gasteiger partial charge in [0.25, 0.3) is 0 Å². The highest BCUT2D eigenvalue weighted by Crippen LogP contribution is 1.95. The molecular formula is C6H6N4. The molecular weight excluding hydrogens is 128 g/mol. The molecule has 0 fully saturated rings. The van der Waals surface area contributed by atoms with E-state index in [-0.39, 0.29) is 0 Å². The number of fused-ring (bicyclic) bond motifs is 1. The highest BCUT2D eigenvalue weighted by molar-refractivity contribution is 5.32. The van der Waals surface area contributed by atoms with E-state index in [9.17, 15) is 0 Å². The summed E-state index contributed by atoms with van der Waals surface area (Å²) in [6.07, 6.45) is 5.14. The molecule has 4 heteroatoms. The summed E-state index contributed by atoms with van der Waals surface area (Å²) < 4.78 is 1.70. The van der Waals surface area contributed by atoms with Crippen molar-refractivity contribution in [2.75, 3.05) is 0 Å². The minimum absolute atomic E-state index is 0.771. The Bertz CT molecular complexity index is 318. The molecule has 4 nitrogen and oxygen atoms in total. The second-order valence-corrected chi connectivity index (χ2v) is 2.04. The van der Waals surface area contributed by atoms with E-state index < -0.39 is 0 Å². The molecule has 0 radical (unpaired) electrons. The van der Waals surface area contributed by atoms with Crippen molar-refractivity contribution >= 4 is 5.65 Å².